The van der Waals surface area contributed by atoms with Gasteiger partial charge in [-0.1, -0.05) is 0 Å². The van der Waals surface area contributed by atoms with E-state index in [4.69, 9.17) is 0 Å². The minimum Gasteiger partial charge on any atom is -0.161 e. The monoisotopic (exact) mass is 146 g/mol. The Morgan fingerprint density at radius 1 is 0.700 bits per heavy atom. The first-order valence-electron chi connectivity index (χ1n) is 3.09. The number of hydrazine groups is 6. The molecule has 1 aliphatic heterocycles. The van der Waals surface area contributed by atoms with Crippen molar-refractivity contribution >= 4 is 0 Å². The second kappa shape index (κ2) is 2.79. The van der Waals surface area contributed by atoms with Crippen LogP contribution < -0.4 is 11.1 Å². The van der Waals surface area contributed by atoms with Crippen molar-refractivity contribution in [2.24, 2.45) is 0 Å². The van der Waals surface area contributed by atoms with Gasteiger partial charge in [0, 0.05) is 28.2 Å². The van der Waals surface area contributed by atoms with Crippen LogP contribution in [0.1, 0.15) is 0 Å². The molecule has 6 nitrogen and oxygen atoms in total. The molecule has 0 unspecified atom stereocenters. The minimum atomic E-state index is 1.82. The third-order valence-electron chi connectivity index (χ3n) is 1.66. The highest BCUT2D eigenvalue weighted by Crippen LogP contribution is 1.97. The van der Waals surface area contributed by atoms with Gasteiger partial charge in [-0.05, 0) is 0 Å². The summed E-state index contributed by atoms with van der Waals surface area (Å²) in [6, 6.07) is 0. The van der Waals surface area contributed by atoms with Gasteiger partial charge in [0.2, 0.25) is 0 Å². The van der Waals surface area contributed by atoms with Crippen molar-refractivity contribution in [3.8, 4) is 0 Å². The molecule has 1 rings (SSSR count). The number of rotatable bonds is 0. The van der Waals surface area contributed by atoms with E-state index in [2.05, 4.69) is 11.1 Å². The molecule has 0 saturated carbocycles. The van der Waals surface area contributed by atoms with E-state index in [1.54, 1.807) is 0 Å². The lowest BCUT2D eigenvalue weighted by molar-refractivity contribution is -0.330. The highest BCUT2D eigenvalue weighted by atomic mass is 16.2. The lowest BCUT2D eigenvalue weighted by Crippen LogP contribution is -2.71. The van der Waals surface area contributed by atoms with E-state index in [0.29, 0.717) is 0 Å². The van der Waals surface area contributed by atoms with Crippen molar-refractivity contribution in [3.63, 3.8) is 0 Å². The Morgan fingerprint density at radius 2 is 1.00 bits per heavy atom. The molecule has 0 atom stereocenters. The maximum atomic E-state index is 2.91. The average Bonchev–Trinajstić information content (AvgIpc) is 1.93. The number of nitrogens with one attached hydrogen (secondary N) is 2. The van der Waals surface area contributed by atoms with E-state index in [9.17, 15) is 0 Å². The molecule has 0 aromatic rings. The van der Waals surface area contributed by atoms with Gasteiger partial charge in [-0.3, -0.25) is 0 Å². The summed E-state index contributed by atoms with van der Waals surface area (Å²) >= 11 is 0. The first-order chi connectivity index (χ1) is 4.63. The summed E-state index contributed by atoms with van der Waals surface area (Å²) in [7, 11) is 7.72. The number of hydrogen-bond acceptors (Lipinski definition) is 6. The van der Waals surface area contributed by atoms with Crippen molar-refractivity contribution < 1.29 is 0 Å². The Bertz CT molecular complexity index is 102. The van der Waals surface area contributed by atoms with Gasteiger partial charge in [0.05, 0.1) is 0 Å². The van der Waals surface area contributed by atoms with Gasteiger partial charge < -0.3 is 0 Å². The van der Waals surface area contributed by atoms with Crippen LogP contribution in [0.4, 0.5) is 0 Å². The molecule has 0 bridgehead atoms. The number of nitrogens with zero attached hydrogens (tertiary/aromatic N) is 4. The fourth-order valence-electron chi connectivity index (χ4n) is 0.678. The zero-order chi connectivity index (χ0) is 7.72. The zero-order valence-electron chi connectivity index (χ0n) is 6.79. The SMILES string of the molecule is CN1NNN(C)N(C)N1C. The normalized spacial score (nSPS) is 27.6. The third-order valence-corrected chi connectivity index (χ3v) is 1.66. The zero-order valence-corrected chi connectivity index (χ0v) is 6.79. The highest BCUT2D eigenvalue weighted by Gasteiger charge is 2.20. The predicted octanol–water partition coefficient (Wildman–Crippen LogP) is -1.60. The summed E-state index contributed by atoms with van der Waals surface area (Å²) in [5, 5.41) is 7.47. The third kappa shape index (κ3) is 1.26. The lowest BCUT2D eigenvalue weighted by Gasteiger charge is -2.45. The Hall–Kier alpha value is -0.240. The Kier molecular flexibility index (Phi) is 2.19. The van der Waals surface area contributed by atoms with E-state index in [-0.39, 0.29) is 0 Å². The molecule has 0 aromatic heterocycles. The van der Waals surface area contributed by atoms with Crippen LogP contribution >= 0.6 is 0 Å². The van der Waals surface area contributed by atoms with Gasteiger partial charge >= 0.3 is 0 Å². The van der Waals surface area contributed by atoms with Gasteiger partial charge in [-0.15, -0.1) is 10.2 Å². The minimum absolute atomic E-state index is 1.82. The summed E-state index contributed by atoms with van der Waals surface area (Å²) < 4.78 is 0. The first-order valence-corrected chi connectivity index (χ1v) is 3.09. The fourth-order valence-corrected chi connectivity index (χ4v) is 0.678. The van der Waals surface area contributed by atoms with Crippen LogP contribution in [-0.4, -0.2) is 48.7 Å². The van der Waals surface area contributed by atoms with Gasteiger partial charge in [-0.2, -0.15) is 21.3 Å². The maximum absolute atomic E-state index is 2.91. The summed E-state index contributed by atoms with van der Waals surface area (Å²) in [5.41, 5.74) is 5.81. The Balaban J connectivity index is 2.52. The second-order valence-electron chi connectivity index (χ2n) is 2.25. The molecule has 0 amide bonds. The second-order valence-corrected chi connectivity index (χ2v) is 2.25. The van der Waals surface area contributed by atoms with Crippen LogP contribution in [-0.2, 0) is 0 Å². The fraction of sp³-hybridized carbons (Fsp3) is 1.00. The predicted molar refractivity (Wildman–Crippen MR) is 37.3 cm³/mol. The van der Waals surface area contributed by atoms with E-state index >= 15 is 0 Å². The molecule has 2 N–H and O–H groups in total. The maximum Gasteiger partial charge on any atom is 0.0207 e. The molecular formula is C4H14N6. The molecule has 0 radical (unpaired) electrons. The summed E-state index contributed by atoms with van der Waals surface area (Å²) in [5.74, 6) is 0. The molecule has 1 heterocycles. The quantitative estimate of drug-likeness (QED) is 0.428. The molecule has 60 valence electrons. The first kappa shape index (κ1) is 7.86. The van der Waals surface area contributed by atoms with Gasteiger partial charge in [0.1, 0.15) is 0 Å². The topological polar surface area (TPSA) is 37.0 Å². The van der Waals surface area contributed by atoms with Crippen LogP contribution in [0.3, 0.4) is 0 Å². The van der Waals surface area contributed by atoms with Crippen molar-refractivity contribution in [2.45, 2.75) is 0 Å². The van der Waals surface area contributed by atoms with E-state index in [1.807, 2.05) is 48.7 Å². The van der Waals surface area contributed by atoms with Crippen molar-refractivity contribution in [1.29, 1.82) is 0 Å². The average molecular weight is 146 g/mol. The molecular weight excluding hydrogens is 132 g/mol. The molecule has 0 aromatic carbocycles. The largest absolute Gasteiger partial charge is 0.161 e. The highest BCUT2D eigenvalue weighted by molar-refractivity contribution is 4.38. The Labute approximate surface area is 60.8 Å². The van der Waals surface area contributed by atoms with Crippen LogP contribution in [0.5, 0.6) is 0 Å². The summed E-state index contributed by atoms with van der Waals surface area (Å²) in [6.45, 7) is 0. The van der Waals surface area contributed by atoms with Crippen LogP contribution in [0.25, 0.3) is 0 Å². The van der Waals surface area contributed by atoms with Gasteiger partial charge in [0.25, 0.3) is 0 Å². The molecule has 6 heteroatoms. The van der Waals surface area contributed by atoms with Crippen LogP contribution in [0.15, 0.2) is 0 Å². The molecule has 1 fully saturated rings. The summed E-state index contributed by atoms with van der Waals surface area (Å²) in [4.78, 5) is 0. The molecule has 10 heavy (non-hydrogen) atoms. The van der Waals surface area contributed by atoms with Crippen molar-refractivity contribution in [3.05, 3.63) is 0 Å². The molecule has 0 aliphatic carbocycles. The number of hydrogen-bond donors (Lipinski definition) is 2. The van der Waals surface area contributed by atoms with E-state index in [0.717, 1.165) is 0 Å². The molecule has 1 aliphatic rings. The summed E-state index contributed by atoms with van der Waals surface area (Å²) in [6.07, 6.45) is 0. The van der Waals surface area contributed by atoms with E-state index in [1.165, 1.54) is 0 Å². The van der Waals surface area contributed by atoms with Crippen LogP contribution in [0.2, 0.25) is 0 Å². The van der Waals surface area contributed by atoms with Gasteiger partial charge in [0.15, 0.2) is 0 Å². The lowest BCUT2D eigenvalue weighted by atomic mass is 11.1. The van der Waals surface area contributed by atoms with Crippen molar-refractivity contribution in [1.82, 2.24) is 31.5 Å². The van der Waals surface area contributed by atoms with Crippen LogP contribution in [0, 0.1) is 0 Å². The molecule has 0 spiro atoms. The standard InChI is InChI=1S/C4H14N6/c1-7-5-6-8(2)10(4)9(7)3/h5-6H,1-4H3. The Morgan fingerprint density at radius 3 is 1.30 bits per heavy atom. The van der Waals surface area contributed by atoms with Crippen molar-refractivity contribution in [2.75, 3.05) is 28.2 Å². The van der Waals surface area contributed by atoms with E-state index < -0.39 is 0 Å². The smallest absolute Gasteiger partial charge is 0.0207 e. The molecule has 1 saturated heterocycles. The van der Waals surface area contributed by atoms with Gasteiger partial charge in [-0.25, -0.2) is 0 Å².